The van der Waals surface area contributed by atoms with Crippen molar-refractivity contribution >= 4 is 16.8 Å². The molecule has 5 heteroatoms. The minimum atomic E-state index is -0.880. The molecule has 3 aromatic rings. The topological polar surface area (TPSA) is 65.1 Å². The normalized spacial score (nSPS) is 12.3. The van der Waals surface area contributed by atoms with Gasteiger partial charge in [0.05, 0.1) is 6.10 Å². The van der Waals surface area contributed by atoms with E-state index in [2.05, 4.69) is 10.3 Å². The van der Waals surface area contributed by atoms with Crippen molar-refractivity contribution in [1.82, 2.24) is 10.3 Å². The van der Waals surface area contributed by atoms with Crippen molar-refractivity contribution < 1.29 is 14.3 Å². The summed E-state index contributed by atoms with van der Waals surface area (Å²) in [6, 6.07) is 11.0. The van der Waals surface area contributed by atoms with Gasteiger partial charge in [-0.2, -0.15) is 0 Å². The van der Waals surface area contributed by atoms with Crippen molar-refractivity contribution in [2.45, 2.75) is 20.0 Å². The number of carbonyl (C=O) groups excluding carboxylic acids is 1. The molecule has 0 aliphatic carbocycles. The maximum Gasteiger partial charge on any atom is 0.251 e. The van der Waals surface area contributed by atoms with Crippen LogP contribution in [0, 0.1) is 19.7 Å². The molecule has 0 bridgehead atoms. The zero-order valence-electron chi connectivity index (χ0n) is 13.6. The molecule has 124 valence electrons. The molecule has 0 saturated carbocycles. The molecule has 0 radical (unpaired) electrons. The Bertz CT molecular complexity index is 884. The molecule has 0 fully saturated rings. The van der Waals surface area contributed by atoms with Crippen LogP contribution >= 0.6 is 0 Å². The van der Waals surface area contributed by atoms with Crippen LogP contribution < -0.4 is 5.32 Å². The summed E-state index contributed by atoms with van der Waals surface area (Å²) in [6.45, 7) is 4.07. The van der Waals surface area contributed by atoms with Gasteiger partial charge in [0.2, 0.25) is 0 Å². The number of aliphatic hydroxyl groups excluding tert-OH is 1. The smallest absolute Gasteiger partial charge is 0.251 e. The lowest BCUT2D eigenvalue weighted by atomic mass is 10.1. The standard InChI is InChI=1S/C19H19FN2O2/c1-11-12(2)22-17-8-5-14(9-16(11)17)19(24)21-10-18(23)13-3-6-15(20)7-4-13/h3-9,18,22-23H,10H2,1-2H3,(H,21,24). The molecule has 1 unspecified atom stereocenters. The van der Waals surface area contributed by atoms with Crippen LogP contribution in [0.5, 0.6) is 0 Å². The monoisotopic (exact) mass is 326 g/mol. The summed E-state index contributed by atoms with van der Waals surface area (Å²) < 4.78 is 12.9. The number of hydrogen-bond acceptors (Lipinski definition) is 2. The Morgan fingerprint density at radius 3 is 2.62 bits per heavy atom. The van der Waals surface area contributed by atoms with E-state index >= 15 is 0 Å². The first-order valence-electron chi connectivity index (χ1n) is 7.76. The molecule has 3 N–H and O–H groups in total. The van der Waals surface area contributed by atoms with Gasteiger partial charge in [-0.15, -0.1) is 0 Å². The Morgan fingerprint density at radius 1 is 1.21 bits per heavy atom. The van der Waals surface area contributed by atoms with Gasteiger partial charge >= 0.3 is 0 Å². The maximum absolute atomic E-state index is 12.9. The van der Waals surface area contributed by atoms with Crippen molar-refractivity contribution in [2.75, 3.05) is 6.54 Å². The third-order valence-electron chi connectivity index (χ3n) is 4.28. The van der Waals surface area contributed by atoms with Gasteiger partial charge in [-0.1, -0.05) is 12.1 Å². The van der Waals surface area contributed by atoms with Crippen LogP contribution in [0.2, 0.25) is 0 Å². The number of rotatable bonds is 4. The molecule has 4 nitrogen and oxygen atoms in total. The first kappa shape index (κ1) is 16.2. The molecule has 0 spiro atoms. The van der Waals surface area contributed by atoms with Crippen LogP contribution in [0.4, 0.5) is 4.39 Å². The fraction of sp³-hybridized carbons (Fsp3) is 0.211. The Balaban J connectivity index is 1.70. The molecule has 0 saturated heterocycles. The Morgan fingerprint density at radius 2 is 1.92 bits per heavy atom. The third-order valence-corrected chi connectivity index (χ3v) is 4.28. The van der Waals surface area contributed by atoms with Gasteiger partial charge in [0.25, 0.3) is 5.91 Å². The number of halogens is 1. The van der Waals surface area contributed by atoms with E-state index in [1.165, 1.54) is 24.3 Å². The number of aliphatic hydroxyl groups is 1. The number of amides is 1. The van der Waals surface area contributed by atoms with Crippen molar-refractivity contribution in [1.29, 1.82) is 0 Å². The van der Waals surface area contributed by atoms with Gasteiger partial charge in [-0.05, 0) is 55.3 Å². The van der Waals surface area contributed by atoms with Crippen LogP contribution in [0.15, 0.2) is 42.5 Å². The summed E-state index contributed by atoms with van der Waals surface area (Å²) in [5.41, 5.74) is 4.29. The van der Waals surface area contributed by atoms with Crippen LogP contribution in [0.3, 0.4) is 0 Å². The minimum Gasteiger partial charge on any atom is -0.387 e. The SMILES string of the molecule is Cc1[nH]c2ccc(C(=O)NCC(O)c3ccc(F)cc3)cc2c1C. The van der Waals surface area contributed by atoms with Gasteiger partial charge in [0, 0.05) is 28.7 Å². The van der Waals surface area contributed by atoms with Crippen LogP contribution in [-0.4, -0.2) is 22.5 Å². The first-order valence-corrected chi connectivity index (χ1v) is 7.76. The number of benzene rings is 2. The van der Waals surface area contributed by atoms with Gasteiger partial charge in [-0.3, -0.25) is 4.79 Å². The van der Waals surface area contributed by atoms with E-state index in [4.69, 9.17) is 0 Å². The Labute approximate surface area is 139 Å². The second-order valence-corrected chi connectivity index (χ2v) is 5.91. The molecule has 1 amide bonds. The number of fused-ring (bicyclic) bond motifs is 1. The molecular formula is C19H19FN2O2. The number of carbonyl (C=O) groups is 1. The van der Waals surface area contributed by atoms with Crippen molar-refractivity contribution in [2.24, 2.45) is 0 Å². The number of nitrogens with one attached hydrogen (secondary N) is 2. The van der Waals surface area contributed by atoms with Crippen molar-refractivity contribution in [3.63, 3.8) is 0 Å². The van der Waals surface area contributed by atoms with E-state index < -0.39 is 6.10 Å². The van der Waals surface area contributed by atoms with Gasteiger partial charge in [0.1, 0.15) is 5.82 Å². The van der Waals surface area contributed by atoms with Crippen molar-refractivity contribution in [3.05, 3.63) is 70.7 Å². The molecule has 1 atom stereocenters. The van der Waals surface area contributed by atoms with Gasteiger partial charge < -0.3 is 15.4 Å². The molecule has 0 aliphatic rings. The Hall–Kier alpha value is -2.66. The minimum absolute atomic E-state index is 0.0631. The summed E-state index contributed by atoms with van der Waals surface area (Å²) in [5, 5.41) is 13.8. The van der Waals surface area contributed by atoms with E-state index in [1.807, 2.05) is 26.0 Å². The molecule has 2 aromatic carbocycles. The van der Waals surface area contributed by atoms with E-state index in [0.717, 1.165) is 22.2 Å². The summed E-state index contributed by atoms with van der Waals surface area (Å²) >= 11 is 0. The molecular weight excluding hydrogens is 307 g/mol. The fourth-order valence-electron chi connectivity index (χ4n) is 2.70. The highest BCUT2D eigenvalue weighted by molar-refractivity contribution is 5.99. The second-order valence-electron chi connectivity index (χ2n) is 5.91. The average molecular weight is 326 g/mol. The predicted octanol–water partition coefficient (Wildman–Crippen LogP) is 3.39. The number of H-pyrrole nitrogens is 1. The number of hydrogen-bond donors (Lipinski definition) is 3. The fourth-order valence-corrected chi connectivity index (χ4v) is 2.70. The summed E-state index contributed by atoms with van der Waals surface area (Å²) in [6.07, 6.45) is -0.880. The molecule has 1 heterocycles. The molecule has 24 heavy (non-hydrogen) atoms. The lowest BCUT2D eigenvalue weighted by Gasteiger charge is -2.12. The zero-order valence-corrected chi connectivity index (χ0v) is 13.6. The van der Waals surface area contributed by atoms with Gasteiger partial charge in [-0.25, -0.2) is 4.39 Å². The van der Waals surface area contributed by atoms with E-state index in [-0.39, 0.29) is 18.3 Å². The van der Waals surface area contributed by atoms with Gasteiger partial charge in [0.15, 0.2) is 0 Å². The summed E-state index contributed by atoms with van der Waals surface area (Å²) in [5.74, 6) is -0.614. The van der Waals surface area contributed by atoms with Crippen molar-refractivity contribution in [3.8, 4) is 0 Å². The largest absolute Gasteiger partial charge is 0.387 e. The van der Waals surface area contributed by atoms with E-state index in [9.17, 15) is 14.3 Å². The second kappa shape index (κ2) is 6.45. The molecule has 3 rings (SSSR count). The lowest BCUT2D eigenvalue weighted by Crippen LogP contribution is -2.28. The maximum atomic E-state index is 12.9. The summed E-state index contributed by atoms with van der Waals surface area (Å²) in [4.78, 5) is 15.6. The zero-order chi connectivity index (χ0) is 17.3. The lowest BCUT2D eigenvalue weighted by molar-refractivity contribution is 0.0916. The quantitative estimate of drug-likeness (QED) is 0.688. The van der Waals surface area contributed by atoms with Crippen LogP contribution in [-0.2, 0) is 0 Å². The van der Waals surface area contributed by atoms with Crippen LogP contribution in [0.1, 0.15) is 33.3 Å². The Kier molecular flexibility index (Phi) is 4.36. The molecule has 1 aromatic heterocycles. The number of aromatic nitrogens is 1. The van der Waals surface area contributed by atoms with E-state index in [0.29, 0.717) is 11.1 Å². The highest BCUT2D eigenvalue weighted by atomic mass is 19.1. The van der Waals surface area contributed by atoms with Crippen LogP contribution in [0.25, 0.3) is 10.9 Å². The predicted molar refractivity (Wildman–Crippen MR) is 91.5 cm³/mol. The third kappa shape index (κ3) is 3.16. The number of aryl methyl sites for hydroxylation is 2. The summed E-state index contributed by atoms with van der Waals surface area (Å²) in [7, 11) is 0. The highest BCUT2D eigenvalue weighted by Gasteiger charge is 2.13. The number of aromatic amines is 1. The van der Waals surface area contributed by atoms with E-state index in [1.54, 1.807) is 6.07 Å². The first-order chi connectivity index (χ1) is 11.5. The molecule has 0 aliphatic heterocycles. The average Bonchev–Trinajstić information content (AvgIpc) is 2.87. The highest BCUT2D eigenvalue weighted by Crippen LogP contribution is 2.22.